The molecular formula is C13H16N2O3. The molecule has 0 spiro atoms. The van der Waals surface area contributed by atoms with Gasteiger partial charge in [0.15, 0.2) is 0 Å². The van der Waals surface area contributed by atoms with Crippen molar-refractivity contribution in [2.45, 2.75) is 13.0 Å². The Balaban J connectivity index is 2.01. The number of anilines is 1. The summed E-state index contributed by atoms with van der Waals surface area (Å²) >= 11 is 0. The van der Waals surface area contributed by atoms with Gasteiger partial charge >= 0.3 is 6.09 Å². The van der Waals surface area contributed by atoms with Crippen molar-refractivity contribution in [1.82, 2.24) is 4.90 Å². The zero-order valence-electron chi connectivity index (χ0n) is 10.5. The molecule has 1 aromatic carbocycles. The minimum absolute atomic E-state index is 0.0378. The maximum absolute atomic E-state index is 11.7. The topological polar surface area (TPSA) is 49.9 Å². The summed E-state index contributed by atoms with van der Waals surface area (Å²) in [7, 11) is 1.70. The van der Waals surface area contributed by atoms with Crippen LogP contribution < -0.4 is 4.90 Å². The Morgan fingerprint density at radius 1 is 1.44 bits per heavy atom. The van der Waals surface area contributed by atoms with Crippen molar-refractivity contribution < 1.29 is 14.3 Å². The number of amides is 2. The van der Waals surface area contributed by atoms with E-state index >= 15 is 0 Å². The molecule has 1 unspecified atom stereocenters. The highest BCUT2D eigenvalue weighted by Gasteiger charge is 2.33. The highest BCUT2D eigenvalue weighted by atomic mass is 16.6. The largest absolute Gasteiger partial charge is 0.442 e. The van der Waals surface area contributed by atoms with Crippen molar-refractivity contribution in [2.24, 2.45) is 0 Å². The molecule has 1 heterocycles. The SMILES string of the molecule is CC(=O)N(C)CC1CN(c2ccccc2)C(=O)O1. The molecule has 1 saturated heterocycles. The second kappa shape index (κ2) is 5.08. The number of ether oxygens (including phenoxy) is 1. The third kappa shape index (κ3) is 2.61. The molecule has 2 amide bonds. The predicted molar refractivity (Wildman–Crippen MR) is 67.4 cm³/mol. The lowest BCUT2D eigenvalue weighted by atomic mass is 10.2. The summed E-state index contributed by atoms with van der Waals surface area (Å²) in [5, 5.41) is 0. The van der Waals surface area contributed by atoms with Gasteiger partial charge in [-0.25, -0.2) is 4.79 Å². The molecule has 2 rings (SSSR count). The first-order valence-corrected chi connectivity index (χ1v) is 5.83. The summed E-state index contributed by atoms with van der Waals surface area (Å²) in [4.78, 5) is 26.0. The van der Waals surface area contributed by atoms with Crippen molar-refractivity contribution in [3.05, 3.63) is 30.3 Å². The van der Waals surface area contributed by atoms with Crippen molar-refractivity contribution in [3.8, 4) is 0 Å². The number of likely N-dealkylation sites (N-methyl/N-ethyl adjacent to an activating group) is 1. The van der Waals surface area contributed by atoms with Crippen LogP contribution in [0.3, 0.4) is 0 Å². The number of nitrogens with zero attached hydrogens (tertiary/aromatic N) is 2. The summed E-state index contributed by atoms with van der Waals surface area (Å²) < 4.78 is 5.24. The average molecular weight is 248 g/mol. The summed E-state index contributed by atoms with van der Waals surface area (Å²) in [6.45, 7) is 2.39. The number of hydrogen-bond acceptors (Lipinski definition) is 3. The lowest BCUT2D eigenvalue weighted by Crippen LogP contribution is -2.35. The highest BCUT2D eigenvalue weighted by Crippen LogP contribution is 2.21. The van der Waals surface area contributed by atoms with Crippen molar-refractivity contribution in [1.29, 1.82) is 0 Å². The van der Waals surface area contributed by atoms with Crippen LogP contribution in [0.15, 0.2) is 30.3 Å². The van der Waals surface area contributed by atoms with E-state index in [0.29, 0.717) is 13.1 Å². The van der Waals surface area contributed by atoms with Gasteiger partial charge in [-0.05, 0) is 12.1 Å². The molecule has 1 aromatic rings. The second-order valence-corrected chi connectivity index (χ2v) is 4.35. The average Bonchev–Trinajstić information content (AvgIpc) is 2.71. The van der Waals surface area contributed by atoms with Gasteiger partial charge in [-0.1, -0.05) is 18.2 Å². The number of carbonyl (C=O) groups is 2. The molecule has 1 aliphatic rings. The van der Waals surface area contributed by atoms with E-state index in [1.807, 2.05) is 30.3 Å². The predicted octanol–water partition coefficient (Wildman–Crippen LogP) is 1.49. The quantitative estimate of drug-likeness (QED) is 0.814. The summed E-state index contributed by atoms with van der Waals surface area (Å²) in [6, 6.07) is 9.36. The Morgan fingerprint density at radius 2 is 2.11 bits per heavy atom. The first-order chi connectivity index (χ1) is 8.58. The number of rotatable bonds is 3. The fourth-order valence-electron chi connectivity index (χ4n) is 1.87. The van der Waals surface area contributed by atoms with Crippen LogP contribution in [-0.2, 0) is 9.53 Å². The molecule has 1 fully saturated rings. The summed E-state index contributed by atoms with van der Waals surface area (Å²) in [5.74, 6) is -0.0378. The molecule has 0 N–H and O–H groups in total. The molecule has 18 heavy (non-hydrogen) atoms. The van der Waals surface area contributed by atoms with Crippen LogP contribution in [0.1, 0.15) is 6.92 Å². The van der Waals surface area contributed by atoms with E-state index in [4.69, 9.17) is 4.74 Å². The number of para-hydroxylation sites is 1. The van der Waals surface area contributed by atoms with Crippen molar-refractivity contribution in [2.75, 3.05) is 25.0 Å². The molecule has 0 aromatic heterocycles. The molecule has 0 aliphatic carbocycles. The third-order valence-electron chi connectivity index (χ3n) is 2.96. The van der Waals surface area contributed by atoms with E-state index in [1.54, 1.807) is 16.8 Å². The molecular weight excluding hydrogens is 232 g/mol. The monoisotopic (exact) mass is 248 g/mol. The smallest absolute Gasteiger partial charge is 0.414 e. The number of hydrogen-bond donors (Lipinski definition) is 0. The van der Waals surface area contributed by atoms with Gasteiger partial charge in [0.2, 0.25) is 5.91 Å². The van der Waals surface area contributed by atoms with E-state index in [0.717, 1.165) is 5.69 Å². The third-order valence-corrected chi connectivity index (χ3v) is 2.96. The Hall–Kier alpha value is -2.04. The zero-order valence-corrected chi connectivity index (χ0v) is 10.5. The van der Waals surface area contributed by atoms with Crippen LogP contribution in [0, 0.1) is 0 Å². The maximum Gasteiger partial charge on any atom is 0.414 e. The number of cyclic esters (lactones) is 1. The van der Waals surface area contributed by atoms with Gasteiger partial charge in [-0.15, -0.1) is 0 Å². The van der Waals surface area contributed by atoms with Crippen LogP contribution in [0.4, 0.5) is 10.5 Å². The molecule has 96 valence electrons. The zero-order chi connectivity index (χ0) is 13.1. The minimum atomic E-state index is -0.358. The van der Waals surface area contributed by atoms with Gasteiger partial charge < -0.3 is 9.64 Å². The van der Waals surface area contributed by atoms with Gasteiger partial charge in [0.1, 0.15) is 6.10 Å². The first-order valence-electron chi connectivity index (χ1n) is 5.83. The van der Waals surface area contributed by atoms with Gasteiger partial charge in [0.05, 0.1) is 13.1 Å². The van der Waals surface area contributed by atoms with E-state index in [1.165, 1.54) is 6.92 Å². The minimum Gasteiger partial charge on any atom is -0.442 e. The molecule has 1 aliphatic heterocycles. The molecule has 0 saturated carbocycles. The standard InChI is InChI=1S/C13H16N2O3/c1-10(16)14(2)8-12-9-15(13(17)18-12)11-6-4-3-5-7-11/h3-7,12H,8-9H2,1-2H3. The Kier molecular flexibility index (Phi) is 3.50. The van der Waals surface area contributed by atoms with E-state index in [9.17, 15) is 9.59 Å². The van der Waals surface area contributed by atoms with Gasteiger partial charge in [-0.3, -0.25) is 9.69 Å². The lowest BCUT2D eigenvalue weighted by Gasteiger charge is -2.18. The van der Waals surface area contributed by atoms with Crippen LogP contribution in [0.25, 0.3) is 0 Å². The van der Waals surface area contributed by atoms with Crippen LogP contribution in [-0.4, -0.2) is 43.1 Å². The van der Waals surface area contributed by atoms with Gasteiger partial charge in [0, 0.05) is 19.7 Å². The molecule has 1 atom stereocenters. The normalized spacial score (nSPS) is 18.7. The fourth-order valence-corrected chi connectivity index (χ4v) is 1.87. The van der Waals surface area contributed by atoms with Crippen LogP contribution in [0.2, 0.25) is 0 Å². The summed E-state index contributed by atoms with van der Waals surface area (Å²) in [6.07, 6.45) is -0.630. The van der Waals surface area contributed by atoms with Gasteiger partial charge in [0.25, 0.3) is 0 Å². The maximum atomic E-state index is 11.7. The fraction of sp³-hybridized carbons (Fsp3) is 0.385. The van der Waals surface area contributed by atoms with E-state index in [-0.39, 0.29) is 18.1 Å². The summed E-state index contributed by atoms with van der Waals surface area (Å²) in [5.41, 5.74) is 0.815. The molecule has 5 heteroatoms. The van der Waals surface area contributed by atoms with E-state index < -0.39 is 0 Å². The van der Waals surface area contributed by atoms with Crippen LogP contribution >= 0.6 is 0 Å². The Morgan fingerprint density at radius 3 is 2.72 bits per heavy atom. The Labute approximate surface area is 106 Å². The lowest BCUT2D eigenvalue weighted by molar-refractivity contribution is -0.128. The first kappa shape index (κ1) is 12.4. The molecule has 0 bridgehead atoms. The molecule has 0 radical (unpaired) electrons. The Bertz CT molecular complexity index is 447. The van der Waals surface area contributed by atoms with Crippen molar-refractivity contribution >= 4 is 17.7 Å². The van der Waals surface area contributed by atoms with Crippen molar-refractivity contribution in [3.63, 3.8) is 0 Å². The number of benzene rings is 1. The van der Waals surface area contributed by atoms with Crippen LogP contribution in [0.5, 0.6) is 0 Å². The number of carbonyl (C=O) groups excluding carboxylic acids is 2. The molecule has 5 nitrogen and oxygen atoms in total. The van der Waals surface area contributed by atoms with Gasteiger partial charge in [-0.2, -0.15) is 0 Å². The highest BCUT2D eigenvalue weighted by molar-refractivity contribution is 5.89. The van der Waals surface area contributed by atoms with E-state index in [2.05, 4.69) is 0 Å². The second-order valence-electron chi connectivity index (χ2n) is 4.35.